The zero-order valence-electron chi connectivity index (χ0n) is 15.7. The molecule has 1 atom stereocenters. The minimum Gasteiger partial charge on any atom is -0.495 e. The van der Waals surface area contributed by atoms with E-state index in [0.29, 0.717) is 22.7 Å². The molecule has 0 aliphatic heterocycles. The third-order valence-corrected chi connectivity index (χ3v) is 4.25. The average molecular weight is 372 g/mol. The van der Waals surface area contributed by atoms with Crippen molar-refractivity contribution in [3.05, 3.63) is 78.4 Å². The van der Waals surface area contributed by atoms with Crippen LogP contribution in [0.1, 0.15) is 12.5 Å². The summed E-state index contributed by atoms with van der Waals surface area (Å²) in [6, 6.07) is 24.2. The molecule has 0 fully saturated rings. The zero-order valence-corrected chi connectivity index (χ0v) is 15.7. The van der Waals surface area contributed by atoms with E-state index in [1.165, 1.54) is 0 Å². The van der Waals surface area contributed by atoms with Gasteiger partial charge in [-0.05, 0) is 54.4 Å². The van der Waals surface area contributed by atoms with E-state index in [-0.39, 0.29) is 5.91 Å². The molecule has 0 aliphatic rings. The van der Waals surface area contributed by atoms with Crippen LogP contribution in [0, 0.1) is 11.3 Å². The van der Waals surface area contributed by atoms with Crippen LogP contribution in [0.2, 0.25) is 0 Å². The predicted octanol–water partition coefficient (Wildman–Crippen LogP) is 4.64. The molecule has 0 saturated heterocycles. The molecule has 0 saturated carbocycles. The fourth-order valence-electron chi connectivity index (χ4n) is 2.70. The lowest BCUT2D eigenvalue weighted by atomic mass is 10.0. The largest absolute Gasteiger partial charge is 0.495 e. The predicted molar refractivity (Wildman–Crippen MR) is 108 cm³/mol. The summed E-state index contributed by atoms with van der Waals surface area (Å²) in [4.78, 5) is 12.4. The Labute approximate surface area is 164 Å². The number of para-hydroxylation sites is 2. The summed E-state index contributed by atoms with van der Waals surface area (Å²) in [5.41, 5.74) is 3.23. The molecule has 28 heavy (non-hydrogen) atoms. The van der Waals surface area contributed by atoms with Gasteiger partial charge in [-0.1, -0.05) is 36.4 Å². The topological polar surface area (TPSA) is 71.3 Å². The van der Waals surface area contributed by atoms with Crippen LogP contribution in [0.5, 0.6) is 11.5 Å². The molecule has 140 valence electrons. The number of methoxy groups -OCH3 is 1. The molecule has 1 amide bonds. The Bertz CT molecular complexity index is 990. The van der Waals surface area contributed by atoms with Crippen molar-refractivity contribution < 1.29 is 14.3 Å². The summed E-state index contributed by atoms with van der Waals surface area (Å²) in [7, 11) is 1.56. The second kappa shape index (κ2) is 8.74. The molecule has 0 bridgehead atoms. The molecule has 0 aliphatic carbocycles. The Balaban J connectivity index is 1.64. The summed E-state index contributed by atoms with van der Waals surface area (Å²) in [5, 5.41) is 11.7. The number of hydrogen-bond acceptors (Lipinski definition) is 4. The molecule has 0 radical (unpaired) electrons. The first-order chi connectivity index (χ1) is 13.6. The van der Waals surface area contributed by atoms with Crippen molar-refractivity contribution in [1.29, 1.82) is 5.26 Å². The standard InChI is InChI=1S/C23H20N2O3/c1-16(23(26)25-21-5-3-4-6-22(21)27-2)28-20-13-11-19(12-14-20)18-9-7-17(15-24)8-10-18/h3-14,16H,1-2H3,(H,25,26)/t16-/m0/s1. The van der Waals surface area contributed by atoms with Crippen LogP contribution in [-0.4, -0.2) is 19.1 Å². The van der Waals surface area contributed by atoms with Gasteiger partial charge in [-0.2, -0.15) is 5.26 Å². The first-order valence-corrected chi connectivity index (χ1v) is 8.82. The molecule has 1 N–H and O–H groups in total. The number of hydrogen-bond donors (Lipinski definition) is 1. The summed E-state index contributed by atoms with van der Waals surface area (Å²) in [6.45, 7) is 1.69. The van der Waals surface area contributed by atoms with E-state index in [9.17, 15) is 4.79 Å². The third-order valence-electron chi connectivity index (χ3n) is 4.25. The second-order valence-electron chi connectivity index (χ2n) is 6.16. The van der Waals surface area contributed by atoms with E-state index in [2.05, 4.69) is 11.4 Å². The van der Waals surface area contributed by atoms with E-state index in [4.69, 9.17) is 14.7 Å². The van der Waals surface area contributed by atoms with Gasteiger partial charge < -0.3 is 14.8 Å². The molecule has 0 heterocycles. The van der Waals surface area contributed by atoms with Crippen molar-refractivity contribution in [2.24, 2.45) is 0 Å². The maximum atomic E-state index is 12.4. The number of carbonyl (C=O) groups is 1. The molecular weight excluding hydrogens is 352 g/mol. The highest BCUT2D eigenvalue weighted by atomic mass is 16.5. The summed E-state index contributed by atoms with van der Waals surface area (Å²) in [5.74, 6) is 0.926. The van der Waals surface area contributed by atoms with Crippen LogP contribution in [0.4, 0.5) is 5.69 Å². The number of nitriles is 1. The summed E-state index contributed by atoms with van der Waals surface area (Å²) < 4.78 is 11.0. The van der Waals surface area contributed by atoms with Gasteiger partial charge in [0.15, 0.2) is 6.10 Å². The number of ether oxygens (including phenoxy) is 2. The number of rotatable bonds is 6. The maximum absolute atomic E-state index is 12.4. The van der Waals surface area contributed by atoms with Gasteiger partial charge in [0.1, 0.15) is 11.5 Å². The monoisotopic (exact) mass is 372 g/mol. The lowest BCUT2D eigenvalue weighted by Crippen LogP contribution is -2.30. The highest BCUT2D eigenvalue weighted by molar-refractivity contribution is 5.95. The number of carbonyl (C=O) groups excluding carboxylic acids is 1. The van der Waals surface area contributed by atoms with Crippen molar-refractivity contribution in [3.63, 3.8) is 0 Å². The molecule has 3 aromatic carbocycles. The van der Waals surface area contributed by atoms with Crippen LogP contribution >= 0.6 is 0 Å². The Morgan fingerprint density at radius 1 is 0.964 bits per heavy atom. The van der Waals surface area contributed by atoms with Crippen molar-refractivity contribution >= 4 is 11.6 Å². The minimum absolute atomic E-state index is 0.263. The lowest BCUT2D eigenvalue weighted by molar-refractivity contribution is -0.122. The van der Waals surface area contributed by atoms with E-state index < -0.39 is 6.10 Å². The number of benzene rings is 3. The van der Waals surface area contributed by atoms with Gasteiger partial charge in [0.05, 0.1) is 24.4 Å². The number of anilines is 1. The lowest BCUT2D eigenvalue weighted by Gasteiger charge is -2.16. The molecule has 0 spiro atoms. The third kappa shape index (κ3) is 4.49. The fourth-order valence-corrected chi connectivity index (χ4v) is 2.70. The number of nitrogens with zero attached hydrogens (tertiary/aromatic N) is 1. The smallest absolute Gasteiger partial charge is 0.265 e. The van der Waals surface area contributed by atoms with Gasteiger partial charge in [-0.25, -0.2) is 0 Å². The van der Waals surface area contributed by atoms with Gasteiger partial charge in [0.2, 0.25) is 0 Å². The van der Waals surface area contributed by atoms with Crippen LogP contribution in [-0.2, 0) is 4.79 Å². The van der Waals surface area contributed by atoms with Crippen molar-refractivity contribution in [3.8, 4) is 28.7 Å². The van der Waals surface area contributed by atoms with Gasteiger partial charge in [-0.15, -0.1) is 0 Å². The Hall–Kier alpha value is -3.78. The highest BCUT2D eigenvalue weighted by Crippen LogP contribution is 2.25. The Kier molecular flexibility index (Phi) is 5.93. The first-order valence-electron chi connectivity index (χ1n) is 8.82. The van der Waals surface area contributed by atoms with Gasteiger partial charge >= 0.3 is 0 Å². The second-order valence-corrected chi connectivity index (χ2v) is 6.16. The van der Waals surface area contributed by atoms with Crippen LogP contribution in [0.15, 0.2) is 72.8 Å². The molecule has 0 aromatic heterocycles. The van der Waals surface area contributed by atoms with E-state index in [1.807, 2.05) is 48.5 Å². The quantitative estimate of drug-likeness (QED) is 0.684. The summed E-state index contributed by atoms with van der Waals surface area (Å²) >= 11 is 0. The first kappa shape index (κ1) is 19.0. The average Bonchev–Trinajstić information content (AvgIpc) is 2.74. The normalized spacial score (nSPS) is 11.2. The van der Waals surface area contributed by atoms with Crippen LogP contribution < -0.4 is 14.8 Å². The van der Waals surface area contributed by atoms with Crippen LogP contribution in [0.25, 0.3) is 11.1 Å². The molecule has 5 nitrogen and oxygen atoms in total. The molecule has 0 unspecified atom stereocenters. The van der Waals surface area contributed by atoms with E-state index >= 15 is 0 Å². The maximum Gasteiger partial charge on any atom is 0.265 e. The number of nitrogens with one attached hydrogen (secondary N) is 1. The zero-order chi connectivity index (χ0) is 19.9. The molecule has 5 heteroatoms. The molecule has 3 aromatic rings. The molecular formula is C23H20N2O3. The van der Waals surface area contributed by atoms with Gasteiger partial charge in [-0.3, -0.25) is 4.79 Å². The van der Waals surface area contributed by atoms with Crippen molar-refractivity contribution in [2.75, 3.05) is 12.4 Å². The fraction of sp³-hybridized carbons (Fsp3) is 0.130. The van der Waals surface area contributed by atoms with E-state index in [0.717, 1.165) is 11.1 Å². The van der Waals surface area contributed by atoms with E-state index in [1.54, 1.807) is 38.3 Å². The molecule has 3 rings (SSSR count). The Morgan fingerprint density at radius 3 is 2.18 bits per heavy atom. The highest BCUT2D eigenvalue weighted by Gasteiger charge is 2.16. The van der Waals surface area contributed by atoms with Crippen LogP contribution in [0.3, 0.4) is 0 Å². The minimum atomic E-state index is -0.675. The van der Waals surface area contributed by atoms with Crippen molar-refractivity contribution in [2.45, 2.75) is 13.0 Å². The Morgan fingerprint density at radius 2 is 1.57 bits per heavy atom. The van der Waals surface area contributed by atoms with Gasteiger partial charge in [0.25, 0.3) is 5.91 Å². The summed E-state index contributed by atoms with van der Waals surface area (Å²) in [6.07, 6.45) is -0.675. The van der Waals surface area contributed by atoms with Crippen molar-refractivity contribution in [1.82, 2.24) is 0 Å². The SMILES string of the molecule is COc1ccccc1NC(=O)[C@H](C)Oc1ccc(-c2ccc(C#N)cc2)cc1. The number of amides is 1. The van der Waals surface area contributed by atoms with Gasteiger partial charge in [0, 0.05) is 0 Å².